The van der Waals surface area contributed by atoms with Crippen LogP contribution in [-0.2, 0) is 13.0 Å². The molecule has 2 saturated carbocycles. The summed E-state index contributed by atoms with van der Waals surface area (Å²) in [6.45, 7) is 3.95. The topological polar surface area (TPSA) is 85.6 Å². The maximum absolute atomic E-state index is 11.6. The Labute approximate surface area is 203 Å². The Morgan fingerprint density at radius 3 is 2.82 bits per heavy atom. The predicted octanol–water partition coefficient (Wildman–Crippen LogP) is 4.70. The molecule has 1 aromatic carbocycles. The largest absolute Gasteiger partial charge is 0.508 e. The van der Waals surface area contributed by atoms with Crippen molar-refractivity contribution in [2.45, 2.75) is 88.9 Å². The van der Waals surface area contributed by atoms with Gasteiger partial charge in [0.25, 0.3) is 0 Å². The molecule has 3 aliphatic carbocycles. The molecule has 0 radical (unpaired) electrons. The van der Waals surface area contributed by atoms with Gasteiger partial charge >= 0.3 is 0 Å². The molecular weight excluding hydrogens is 424 g/mol. The van der Waals surface area contributed by atoms with E-state index in [9.17, 15) is 15.3 Å². The predicted molar refractivity (Wildman–Crippen MR) is 133 cm³/mol. The van der Waals surface area contributed by atoms with Crippen LogP contribution >= 0.6 is 0 Å². The van der Waals surface area contributed by atoms with Gasteiger partial charge in [-0.25, -0.2) is 0 Å². The lowest BCUT2D eigenvalue weighted by molar-refractivity contribution is -0.104. The third-order valence-electron chi connectivity index (χ3n) is 9.35. The highest BCUT2D eigenvalue weighted by atomic mass is 16.3. The van der Waals surface area contributed by atoms with Crippen molar-refractivity contribution < 1.29 is 15.3 Å². The van der Waals surface area contributed by atoms with Crippen molar-refractivity contribution in [2.24, 2.45) is 17.3 Å². The summed E-state index contributed by atoms with van der Waals surface area (Å²) in [5, 5.41) is 36.4. The van der Waals surface area contributed by atoms with Gasteiger partial charge in [-0.15, -0.1) is 0 Å². The number of aliphatic hydroxyl groups excluding tert-OH is 1. The summed E-state index contributed by atoms with van der Waals surface area (Å²) in [5.74, 6) is 1.71. The summed E-state index contributed by atoms with van der Waals surface area (Å²) in [4.78, 5) is 4.33. The molecule has 0 saturated heterocycles. The number of hydrogen-bond acceptors (Lipinski definition) is 5. The van der Waals surface area contributed by atoms with E-state index in [0.717, 1.165) is 70.2 Å². The van der Waals surface area contributed by atoms with Crippen LogP contribution in [0.25, 0.3) is 0 Å². The van der Waals surface area contributed by atoms with Crippen LogP contribution in [0.2, 0.25) is 0 Å². The fourth-order valence-electron chi connectivity index (χ4n) is 7.56. The summed E-state index contributed by atoms with van der Waals surface area (Å²) >= 11 is 0. The van der Waals surface area contributed by atoms with Crippen LogP contribution in [-0.4, -0.2) is 38.6 Å². The van der Waals surface area contributed by atoms with E-state index in [0.29, 0.717) is 29.9 Å². The second-order valence-corrected chi connectivity index (χ2v) is 11.4. The molecule has 184 valence electrons. The minimum Gasteiger partial charge on any atom is -0.508 e. The standard InChI is InChI=1S/C29H40N2O3/c1-28-14-12-24-23-11-9-22(32)17-20(23)8-10-25(24)26(28)18-29(34,27(28)33)13-4-2-5-15-30-19-21-7-3-6-16-31-21/h3,6-7,9,11,16-17,24-27,30,32-34H,2,4-5,8,10,12-15,18-19H2,1H3/t24?,25?,26?,27-,28+,29+/m1/s1. The fraction of sp³-hybridized carbons (Fsp3) is 0.621. The average molecular weight is 465 g/mol. The van der Waals surface area contributed by atoms with Crippen LogP contribution in [0.4, 0.5) is 0 Å². The molecule has 2 fully saturated rings. The van der Waals surface area contributed by atoms with Gasteiger partial charge in [-0.2, -0.15) is 0 Å². The van der Waals surface area contributed by atoms with Crippen LogP contribution in [0.5, 0.6) is 5.75 Å². The van der Waals surface area contributed by atoms with Gasteiger partial charge in [-0.05, 0) is 110 Å². The summed E-state index contributed by atoms with van der Waals surface area (Å²) < 4.78 is 0. The highest BCUT2D eigenvalue weighted by molar-refractivity contribution is 5.40. The number of aromatic hydroxyl groups is 1. The van der Waals surface area contributed by atoms with E-state index in [2.05, 4.69) is 23.3 Å². The first-order valence-electron chi connectivity index (χ1n) is 13.2. The molecule has 3 unspecified atom stereocenters. The number of aryl methyl sites for hydroxylation is 1. The van der Waals surface area contributed by atoms with E-state index in [1.807, 2.05) is 36.5 Å². The van der Waals surface area contributed by atoms with Gasteiger partial charge in [-0.3, -0.25) is 4.98 Å². The number of fused-ring (bicyclic) bond motifs is 5. The summed E-state index contributed by atoms with van der Waals surface area (Å²) in [5.41, 5.74) is 2.57. The van der Waals surface area contributed by atoms with Crippen LogP contribution in [0.15, 0.2) is 42.6 Å². The second-order valence-electron chi connectivity index (χ2n) is 11.4. The molecule has 3 aliphatic rings. The number of hydrogen-bond donors (Lipinski definition) is 4. The number of phenols is 1. The monoisotopic (exact) mass is 464 g/mol. The molecule has 0 aliphatic heterocycles. The van der Waals surface area contributed by atoms with E-state index in [1.165, 1.54) is 11.1 Å². The fourth-order valence-corrected chi connectivity index (χ4v) is 7.56. The third kappa shape index (κ3) is 4.38. The number of aromatic nitrogens is 1. The Bertz CT molecular complexity index is 983. The van der Waals surface area contributed by atoms with Crippen molar-refractivity contribution in [3.8, 4) is 5.75 Å². The third-order valence-corrected chi connectivity index (χ3v) is 9.35. The molecular formula is C29H40N2O3. The van der Waals surface area contributed by atoms with Crippen molar-refractivity contribution in [3.63, 3.8) is 0 Å². The Hall–Kier alpha value is -1.95. The lowest BCUT2D eigenvalue weighted by Gasteiger charge is -2.50. The van der Waals surface area contributed by atoms with E-state index < -0.39 is 11.7 Å². The van der Waals surface area contributed by atoms with E-state index in [-0.39, 0.29) is 5.41 Å². The second kappa shape index (κ2) is 9.60. The van der Waals surface area contributed by atoms with Crippen LogP contribution in [0.3, 0.4) is 0 Å². The zero-order valence-corrected chi connectivity index (χ0v) is 20.4. The Balaban J connectivity index is 1.15. The number of nitrogens with one attached hydrogen (secondary N) is 1. The number of unbranched alkanes of at least 4 members (excludes halogenated alkanes) is 2. The minimum atomic E-state index is -0.967. The van der Waals surface area contributed by atoms with Crippen LogP contribution in [0, 0.1) is 17.3 Å². The van der Waals surface area contributed by atoms with Gasteiger partial charge < -0.3 is 20.6 Å². The maximum Gasteiger partial charge on any atom is 0.115 e. The molecule has 34 heavy (non-hydrogen) atoms. The average Bonchev–Trinajstić information content (AvgIpc) is 3.05. The molecule has 1 aromatic heterocycles. The molecule has 2 aromatic rings. The lowest BCUT2D eigenvalue weighted by Crippen LogP contribution is -2.47. The number of rotatable bonds is 8. The first-order valence-corrected chi connectivity index (χ1v) is 13.2. The van der Waals surface area contributed by atoms with Crippen molar-refractivity contribution in [1.29, 1.82) is 0 Å². The quantitative estimate of drug-likeness (QED) is 0.426. The Morgan fingerprint density at radius 2 is 2.00 bits per heavy atom. The zero-order chi connectivity index (χ0) is 23.8. The number of phenolic OH excluding ortho intramolecular Hbond substituents is 1. The molecule has 5 rings (SSSR count). The molecule has 0 bridgehead atoms. The molecule has 5 nitrogen and oxygen atoms in total. The van der Waals surface area contributed by atoms with Crippen LogP contribution in [0.1, 0.15) is 81.0 Å². The van der Waals surface area contributed by atoms with Gasteiger partial charge in [0.05, 0.1) is 17.4 Å². The molecule has 5 heteroatoms. The van der Waals surface area contributed by atoms with Crippen molar-refractivity contribution in [2.75, 3.05) is 6.54 Å². The number of benzene rings is 1. The first-order chi connectivity index (χ1) is 16.4. The highest BCUT2D eigenvalue weighted by Gasteiger charge is 2.63. The smallest absolute Gasteiger partial charge is 0.115 e. The first kappa shape index (κ1) is 23.8. The minimum absolute atomic E-state index is 0.200. The van der Waals surface area contributed by atoms with E-state index >= 15 is 0 Å². The number of pyridine rings is 1. The van der Waals surface area contributed by atoms with E-state index in [1.54, 1.807) is 0 Å². The van der Waals surface area contributed by atoms with Crippen molar-refractivity contribution >= 4 is 0 Å². The molecule has 4 N–H and O–H groups in total. The van der Waals surface area contributed by atoms with Gasteiger partial charge in [0, 0.05) is 12.7 Å². The maximum atomic E-state index is 11.6. The number of aliphatic hydroxyl groups is 2. The van der Waals surface area contributed by atoms with Crippen molar-refractivity contribution in [3.05, 3.63) is 59.4 Å². The van der Waals surface area contributed by atoms with Gasteiger partial charge in [0.1, 0.15) is 5.75 Å². The lowest BCUT2D eigenvalue weighted by atomic mass is 9.55. The summed E-state index contributed by atoms with van der Waals surface area (Å²) in [6.07, 6.45) is 9.73. The normalized spacial score (nSPS) is 34.3. The van der Waals surface area contributed by atoms with E-state index in [4.69, 9.17) is 0 Å². The van der Waals surface area contributed by atoms with Gasteiger partial charge in [0.2, 0.25) is 0 Å². The van der Waals surface area contributed by atoms with Gasteiger partial charge in [-0.1, -0.05) is 31.9 Å². The molecule has 0 amide bonds. The van der Waals surface area contributed by atoms with Gasteiger partial charge in [0.15, 0.2) is 0 Å². The summed E-state index contributed by atoms with van der Waals surface area (Å²) in [6, 6.07) is 11.8. The molecule has 6 atom stereocenters. The van der Waals surface area contributed by atoms with Crippen LogP contribution < -0.4 is 5.32 Å². The molecule has 1 heterocycles. The highest BCUT2D eigenvalue weighted by Crippen LogP contribution is 2.63. The van der Waals surface area contributed by atoms with Crippen molar-refractivity contribution in [1.82, 2.24) is 10.3 Å². The Kier molecular flexibility index (Phi) is 6.71. The molecule has 0 spiro atoms. The number of nitrogens with zero attached hydrogens (tertiary/aromatic N) is 1. The Morgan fingerprint density at radius 1 is 1.12 bits per heavy atom. The SMILES string of the molecule is C[C@]12CCC3c4ccc(O)cc4CCC3C1C[C@@](O)(CCCCCNCc1ccccn1)[C@@H]2O. The zero-order valence-electron chi connectivity index (χ0n) is 20.4. The summed E-state index contributed by atoms with van der Waals surface area (Å²) in [7, 11) is 0.